The van der Waals surface area contributed by atoms with Crippen LogP contribution in [0.5, 0.6) is 0 Å². The minimum atomic E-state index is -6.29. The fourth-order valence-electron chi connectivity index (χ4n) is 1.37. The van der Waals surface area contributed by atoms with Crippen molar-refractivity contribution in [3.05, 3.63) is 0 Å². The van der Waals surface area contributed by atoms with Crippen molar-refractivity contribution < 1.29 is 38.4 Å². The van der Waals surface area contributed by atoms with Gasteiger partial charge in [0, 0.05) is 0 Å². The van der Waals surface area contributed by atoms with Gasteiger partial charge in [0.1, 0.15) is 0 Å². The summed E-state index contributed by atoms with van der Waals surface area (Å²) in [6.07, 6.45) is -0.408. The molecule has 0 unspecified atom stereocenters. The third-order valence-corrected chi connectivity index (χ3v) is 11.1. The van der Waals surface area contributed by atoms with Crippen LogP contribution in [-0.4, -0.2) is 46.2 Å². The van der Waals surface area contributed by atoms with Crippen molar-refractivity contribution in [1.82, 2.24) is 0 Å². The zero-order chi connectivity index (χ0) is 13.7. The van der Waals surface area contributed by atoms with Crippen molar-refractivity contribution in [3.63, 3.8) is 0 Å². The molecule has 1 fully saturated rings. The smallest absolute Gasteiger partial charge is 0.226 e. The summed E-state index contributed by atoms with van der Waals surface area (Å²) >= 11 is 0. The van der Waals surface area contributed by atoms with Crippen molar-refractivity contribution in [3.8, 4) is 0 Å². The van der Waals surface area contributed by atoms with E-state index in [0.29, 0.717) is 0 Å². The molecule has 102 valence electrons. The Balaban J connectivity index is 3.57. The van der Waals surface area contributed by atoms with Gasteiger partial charge >= 0.3 is 5.51 Å². The van der Waals surface area contributed by atoms with Gasteiger partial charge in [-0.05, 0) is 6.42 Å². The fraction of sp³-hybridized carbons (Fsp3) is 1.00. The molecule has 12 heteroatoms. The van der Waals surface area contributed by atoms with E-state index in [2.05, 4.69) is 0 Å². The average Bonchev–Trinajstić information content (AvgIpc) is 1.95. The molecule has 0 saturated carbocycles. The van der Waals surface area contributed by atoms with Gasteiger partial charge in [-0.1, -0.05) is 0 Å². The lowest BCUT2D eigenvalue weighted by atomic mass is 10.6. The van der Waals surface area contributed by atoms with Crippen molar-refractivity contribution in [1.29, 1.82) is 0 Å². The van der Waals surface area contributed by atoms with Crippen LogP contribution in [0.25, 0.3) is 0 Å². The van der Waals surface area contributed by atoms with E-state index in [1.54, 1.807) is 0 Å². The Labute approximate surface area is 95.6 Å². The van der Waals surface area contributed by atoms with E-state index in [4.69, 9.17) is 0 Å². The second kappa shape index (κ2) is 3.82. The fourth-order valence-corrected chi connectivity index (χ4v) is 9.94. The highest BCUT2D eigenvalue weighted by molar-refractivity contribution is 8.24. The maximum atomic E-state index is 12.2. The third-order valence-electron chi connectivity index (χ3n) is 2.02. The van der Waals surface area contributed by atoms with Gasteiger partial charge in [0.25, 0.3) is 13.8 Å². The second-order valence-corrected chi connectivity index (χ2v) is 10.7. The third kappa shape index (κ3) is 2.42. The SMILES string of the molecule is O=S1(=O)CCCS(=O)(=O)C1S(=O)(=O)C(F)(F)F. The normalized spacial score (nSPS) is 25.6. The van der Waals surface area contributed by atoms with E-state index in [9.17, 15) is 38.4 Å². The average molecular weight is 316 g/mol. The first-order valence-electron chi connectivity index (χ1n) is 4.06. The van der Waals surface area contributed by atoms with E-state index in [1.807, 2.05) is 0 Å². The highest BCUT2D eigenvalue weighted by Crippen LogP contribution is 2.35. The highest BCUT2D eigenvalue weighted by Gasteiger charge is 2.61. The van der Waals surface area contributed by atoms with Crippen LogP contribution in [0.4, 0.5) is 13.2 Å². The quantitative estimate of drug-likeness (QED) is 0.642. The molecule has 0 aromatic rings. The largest absolute Gasteiger partial charge is 0.499 e. The van der Waals surface area contributed by atoms with Gasteiger partial charge in [-0.15, -0.1) is 0 Å². The molecule has 1 aliphatic heterocycles. The van der Waals surface area contributed by atoms with Gasteiger partial charge in [-0.2, -0.15) is 13.2 Å². The molecule has 1 saturated heterocycles. The van der Waals surface area contributed by atoms with Crippen LogP contribution in [0.1, 0.15) is 6.42 Å². The molecule has 0 N–H and O–H groups in total. The predicted molar refractivity (Wildman–Crippen MR) is 51.0 cm³/mol. The number of hydrogen-bond acceptors (Lipinski definition) is 6. The summed E-state index contributed by atoms with van der Waals surface area (Å²) in [6, 6.07) is 0. The van der Waals surface area contributed by atoms with Crippen LogP contribution in [0, 0.1) is 0 Å². The highest BCUT2D eigenvalue weighted by atomic mass is 32.3. The Morgan fingerprint density at radius 2 is 1.29 bits per heavy atom. The van der Waals surface area contributed by atoms with Crippen molar-refractivity contribution in [2.24, 2.45) is 0 Å². The lowest BCUT2D eigenvalue weighted by molar-refractivity contribution is -0.0434. The molecule has 1 rings (SSSR count). The summed E-state index contributed by atoms with van der Waals surface area (Å²) in [5.41, 5.74) is -5.92. The van der Waals surface area contributed by atoms with Gasteiger partial charge < -0.3 is 0 Å². The molecule has 0 aromatic carbocycles. The Hall–Kier alpha value is -0.360. The number of hydrogen-bond donors (Lipinski definition) is 0. The van der Waals surface area contributed by atoms with Crippen molar-refractivity contribution in [2.75, 3.05) is 11.5 Å². The van der Waals surface area contributed by atoms with Gasteiger partial charge in [0.2, 0.25) is 0 Å². The molecule has 1 aliphatic rings. The van der Waals surface area contributed by atoms with Crippen LogP contribution in [-0.2, 0) is 29.5 Å². The first-order chi connectivity index (χ1) is 7.32. The summed E-state index contributed by atoms with van der Waals surface area (Å²) in [5.74, 6) is -1.79. The van der Waals surface area contributed by atoms with Gasteiger partial charge in [0.15, 0.2) is 19.7 Å². The summed E-state index contributed by atoms with van der Waals surface area (Å²) in [6.45, 7) is 0. The molecule has 1 heterocycles. The molecule has 0 amide bonds. The standard InChI is InChI=1S/C5H7F3O6S3/c6-5(7,8)17(13,14)4-15(9,10)2-1-3-16(4,11)12/h4H,1-3H2. The maximum Gasteiger partial charge on any atom is 0.499 e. The van der Waals surface area contributed by atoms with E-state index in [-0.39, 0.29) is 0 Å². The number of alkyl halides is 3. The summed E-state index contributed by atoms with van der Waals surface area (Å²) in [4.78, 5) is 0. The van der Waals surface area contributed by atoms with Gasteiger partial charge in [-0.3, -0.25) is 0 Å². The monoisotopic (exact) mass is 316 g/mol. The first kappa shape index (κ1) is 14.7. The van der Waals surface area contributed by atoms with Crippen molar-refractivity contribution in [2.45, 2.75) is 15.8 Å². The van der Waals surface area contributed by atoms with E-state index in [0.717, 1.165) is 0 Å². The Morgan fingerprint density at radius 1 is 0.941 bits per heavy atom. The van der Waals surface area contributed by atoms with E-state index in [1.165, 1.54) is 0 Å². The summed E-state index contributed by atoms with van der Waals surface area (Å²) in [7, 11) is -16.0. The van der Waals surface area contributed by atoms with Crippen molar-refractivity contribution >= 4 is 29.5 Å². The summed E-state index contributed by atoms with van der Waals surface area (Å²) in [5, 5.41) is 0. The van der Waals surface area contributed by atoms with Crippen LogP contribution >= 0.6 is 0 Å². The first-order valence-corrected chi connectivity index (χ1v) is 9.03. The number of rotatable bonds is 1. The molecular weight excluding hydrogens is 309 g/mol. The van der Waals surface area contributed by atoms with Crippen LogP contribution in [0.3, 0.4) is 0 Å². The molecule has 0 aromatic heterocycles. The topological polar surface area (TPSA) is 102 Å². The van der Waals surface area contributed by atoms with Crippen LogP contribution < -0.4 is 0 Å². The zero-order valence-electron chi connectivity index (χ0n) is 8.01. The minimum absolute atomic E-state index is 0.408. The molecule has 0 radical (unpaired) electrons. The second-order valence-electron chi connectivity index (χ2n) is 3.37. The Kier molecular flexibility index (Phi) is 3.30. The number of halogens is 3. The van der Waals surface area contributed by atoms with Crippen LogP contribution in [0.15, 0.2) is 0 Å². The molecule has 0 spiro atoms. The summed E-state index contributed by atoms with van der Waals surface area (Å²) < 4.78 is 100.0. The predicted octanol–water partition coefficient (Wildman–Crippen LogP) is -0.562. The molecule has 0 atom stereocenters. The minimum Gasteiger partial charge on any atom is -0.226 e. The Morgan fingerprint density at radius 3 is 1.59 bits per heavy atom. The molecule has 0 bridgehead atoms. The van der Waals surface area contributed by atoms with Crippen LogP contribution in [0.2, 0.25) is 0 Å². The van der Waals surface area contributed by atoms with E-state index < -0.39 is 56.9 Å². The van der Waals surface area contributed by atoms with E-state index >= 15 is 0 Å². The Bertz CT molecular complexity index is 576. The molecular formula is C5H7F3O6S3. The lowest BCUT2D eigenvalue weighted by Crippen LogP contribution is -2.49. The maximum absolute atomic E-state index is 12.2. The van der Waals surface area contributed by atoms with Gasteiger partial charge in [-0.25, -0.2) is 25.3 Å². The lowest BCUT2D eigenvalue weighted by Gasteiger charge is -2.23. The zero-order valence-corrected chi connectivity index (χ0v) is 10.5. The number of sulfone groups is 3. The van der Waals surface area contributed by atoms with Gasteiger partial charge in [0.05, 0.1) is 11.5 Å². The molecule has 17 heavy (non-hydrogen) atoms. The molecule has 6 nitrogen and oxygen atoms in total. The molecule has 0 aliphatic carbocycles.